The van der Waals surface area contributed by atoms with Crippen LogP contribution in [-0.2, 0) is 9.84 Å². The zero-order valence-electron chi connectivity index (χ0n) is 6.74. The van der Waals surface area contributed by atoms with Crippen molar-refractivity contribution >= 4 is 56.0 Å². The molecular formula is C5H2Cl3NO4S2. The van der Waals surface area contributed by atoms with E-state index in [1.54, 1.807) is 0 Å². The first kappa shape index (κ1) is 13.0. The highest BCUT2D eigenvalue weighted by molar-refractivity contribution is 7.93. The van der Waals surface area contributed by atoms with E-state index in [0.29, 0.717) is 11.3 Å². The van der Waals surface area contributed by atoms with Gasteiger partial charge in [0.15, 0.2) is 0 Å². The molecule has 0 saturated heterocycles. The van der Waals surface area contributed by atoms with Gasteiger partial charge in [-0.1, -0.05) is 34.8 Å². The molecule has 0 aliphatic heterocycles. The normalized spacial score (nSPS) is 11.7. The van der Waals surface area contributed by atoms with E-state index in [2.05, 4.69) is 0 Å². The SMILES string of the molecule is O=[N+]([O-])CS(=O)(=O)c1sc(Cl)c(Cl)c1Cl. The van der Waals surface area contributed by atoms with Crippen LogP contribution >= 0.6 is 46.1 Å². The number of hydrogen-bond acceptors (Lipinski definition) is 5. The van der Waals surface area contributed by atoms with Gasteiger partial charge in [-0.25, -0.2) is 8.42 Å². The summed E-state index contributed by atoms with van der Waals surface area (Å²) in [6.45, 7) is 0. The molecule has 1 aromatic heterocycles. The molecule has 5 nitrogen and oxygen atoms in total. The van der Waals surface area contributed by atoms with Gasteiger partial charge in [-0.2, -0.15) is 0 Å². The fourth-order valence-corrected chi connectivity index (χ4v) is 4.43. The van der Waals surface area contributed by atoms with Crippen molar-refractivity contribution in [1.29, 1.82) is 0 Å². The Bertz CT molecular complexity index is 509. The number of nitrogens with zero attached hydrogens (tertiary/aromatic N) is 1. The molecule has 0 saturated carbocycles. The summed E-state index contributed by atoms with van der Waals surface area (Å²) in [5.74, 6) is -1.24. The smallest absolute Gasteiger partial charge is 0.263 e. The van der Waals surface area contributed by atoms with Crippen LogP contribution in [0.1, 0.15) is 0 Å². The van der Waals surface area contributed by atoms with Crippen LogP contribution in [0.4, 0.5) is 0 Å². The minimum Gasteiger partial charge on any atom is -0.263 e. The fourth-order valence-electron chi connectivity index (χ4n) is 0.744. The molecular weight excluding hydrogens is 309 g/mol. The molecule has 0 spiro atoms. The Morgan fingerprint density at radius 1 is 1.27 bits per heavy atom. The van der Waals surface area contributed by atoms with E-state index in [-0.39, 0.29) is 18.6 Å². The third-order valence-electron chi connectivity index (χ3n) is 1.28. The van der Waals surface area contributed by atoms with Crippen LogP contribution in [0, 0.1) is 10.1 Å². The van der Waals surface area contributed by atoms with Gasteiger partial charge in [-0.05, 0) is 0 Å². The lowest BCUT2D eigenvalue weighted by atomic mass is 10.6. The van der Waals surface area contributed by atoms with Crippen molar-refractivity contribution in [3.63, 3.8) is 0 Å². The first-order chi connectivity index (χ1) is 6.75. The van der Waals surface area contributed by atoms with Gasteiger partial charge in [0.1, 0.15) is 8.55 Å². The topological polar surface area (TPSA) is 77.3 Å². The van der Waals surface area contributed by atoms with Gasteiger partial charge >= 0.3 is 5.88 Å². The summed E-state index contributed by atoms with van der Waals surface area (Å²) in [4.78, 5) is 9.15. The summed E-state index contributed by atoms with van der Waals surface area (Å²) >= 11 is 17.3. The Kier molecular flexibility index (Phi) is 3.83. The number of thiophene rings is 1. The molecule has 0 bridgehead atoms. The zero-order valence-corrected chi connectivity index (χ0v) is 10.6. The van der Waals surface area contributed by atoms with Crippen molar-refractivity contribution in [1.82, 2.24) is 0 Å². The van der Waals surface area contributed by atoms with Crippen LogP contribution in [-0.4, -0.2) is 19.2 Å². The van der Waals surface area contributed by atoms with Gasteiger partial charge in [-0.15, -0.1) is 11.3 Å². The predicted octanol–water partition coefficient (Wildman–Crippen LogP) is 2.72. The lowest BCUT2D eigenvalue weighted by Crippen LogP contribution is -2.13. The molecule has 0 aliphatic carbocycles. The predicted molar refractivity (Wildman–Crippen MR) is 58.4 cm³/mol. The molecule has 1 rings (SSSR count). The molecule has 0 aromatic carbocycles. The van der Waals surface area contributed by atoms with Crippen molar-refractivity contribution < 1.29 is 13.3 Å². The second-order valence-electron chi connectivity index (χ2n) is 2.37. The standard InChI is InChI=1S/C5H2Cl3NO4S2/c6-2-3(7)5(14-4(2)8)15(12,13)1-9(10)11/h1H2. The molecule has 0 N–H and O–H groups in total. The Morgan fingerprint density at radius 2 is 1.80 bits per heavy atom. The van der Waals surface area contributed by atoms with E-state index in [1.807, 2.05) is 0 Å². The van der Waals surface area contributed by atoms with Crippen LogP contribution in [0.2, 0.25) is 14.4 Å². The highest BCUT2D eigenvalue weighted by Crippen LogP contribution is 2.43. The molecule has 10 heteroatoms. The minimum atomic E-state index is -4.07. The van der Waals surface area contributed by atoms with Gasteiger partial charge in [0, 0.05) is 4.92 Å². The van der Waals surface area contributed by atoms with Crippen molar-refractivity contribution in [3.8, 4) is 0 Å². The second kappa shape index (κ2) is 4.42. The summed E-state index contributed by atoms with van der Waals surface area (Å²) in [5, 5.41) is 9.74. The molecule has 0 fully saturated rings. The molecule has 0 aliphatic rings. The van der Waals surface area contributed by atoms with Crippen molar-refractivity contribution in [3.05, 3.63) is 24.5 Å². The van der Waals surface area contributed by atoms with Gasteiger partial charge in [0.2, 0.25) is 0 Å². The summed E-state index contributed by atoms with van der Waals surface area (Å²) in [7, 11) is -4.07. The summed E-state index contributed by atoms with van der Waals surface area (Å²) in [6.07, 6.45) is 0. The summed E-state index contributed by atoms with van der Waals surface area (Å²) in [5.41, 5.74) is 0. The average Bonchev–Trinajstić information content (AvgIpc) is 2.31. The molecule has 0 atom stereocenters. The molecule has 15 heavy (non-hydrogen) atoms. The minimum absolute atomic E-state index is 0.0106. The van der Waals surface area contributed by atoms with Gasteiger partial charge < -0.3 is 0 Å². The van der Waals surface area contributed by atoms with Crippen LogP contribution in [0.5, 0.6) is 0 Å². The van der Waals surface area contributed by atoms with Gasteiger partial charge in [0.05, 0.1) is 10.0 Å². The first-order valence-electron chi connectivity index (χ1n) is 3.23. The van der Waals surface area contributed by atoms with Crippen LogP contribution in [0.25, 0.3) is 0 Å². The van der Waals surface area contributed by atoms with E-state index < -0.39 is 20.6 Å². The molecule has 1 heterocycles. The van der Waals surface area contributed by atoms with Crippen LogP contribution in [0.15, 0.2) is 4.21 Å². The zero-order chi connectivity index (χ0) is 11.8. The van der Waals surface area contributed by atoms with Crippen molar-refractivity contribution in [2.45, 2.75) is 4.21 Å². The fraction of sp³-hybridized carbons (Fsp3) is 0.200. The summed E-state index contributed by atoms with van der Waals surface area (Å²) in [6, 6.07) is 0. The third kappa shape index (κ3) is 2.73. The van der Waals surface area contributed by atoms with Gasteiger partial charge in [-0.3, -0.25) is 10.1 Å². The van der Waals surface area contributed by atoms with E-state index in [0.717, 1.165) is 0 Å². The largest absolute Gasteiger partial charge is 0.306 e. The average molecular weight is 311 g/mol. The Labute approximate surface area is 104 Å². The van der Waals surface area contributed by atoms with Crippen LogP contribution in [0.3, 0.4) is 0 Å². The number of halogens is 3. The maximum absolute atomic E-state index is 11.4. The molecule has 0 unspecified atom stereocenters. The maximum atomic E-state index is 11.4. The van der Waals surface area contributed by atoms with E-state index in [4.69, 9.17) is 34.8 Å². The van der Waals surface area contributed by atoms with Crippen LogP contribution < -0.4 is 0 Å². The monoisotopic (exact) mass is 309 g/mol. The van der Waals surface area contributed by atoms with E-state index >= 15 is 0 Å². The highest BCUT2D eigenvalue weighted by Gasteiger charge is 2.29. The van der Waals surface area contributed by atoms with E-state index in [9.17, 15) is 18.5 Å². The Hall–Kier alpha value is -0.0800. The Morgan fingerprint density at radius 3 is 2.13 bits per heavy atom. The number of nitro groups is 1. The number of rotatable bonds is 3. The lowest BCUT2D eigenvalue weighted by molar-refractivity contribution is -0.458. The maximum Gasteiger partial charge on any atom is 0.306 e. The number of sulfone groups is 1. The molecule has 1 aromatic rings. The van der Waals surface area contributed by atoms with Crippen molar-refractivity contribution in [2.24, 2.45) is 0 Å². The lowest BCUT2D eigenvalue weighted by Gasteiger charge is -1.95. The first-order valence-corrected chi connectivity index (χ1v) is 6.84. The quantitative estimate of drug-likeness (QED) is 0.635. The van der Waals surface area contributed by atoms with Gasteiger partial charge in [0.25, 0.3) is 9.84 Å². The third-order valence-corrected chi connectivity index (χ3v) is 6.10. The van der Waals surface area contributed by atoms with Crippen molar-refractivity contribution in [2.75, 3.05) is 5.88 Å². The number of hydrogen-bond donors (Lipinski definition) is 0. The molecule has 0 amide bonds. The Balaban J connectivity index is 3.28. The van der Waals surface area contributed by atoms with E-state index in [1.165, 1.54) is 0 Å². The second-order valence-corrected chi connectivity index (χ2v) is 6.90. The molecule has 84 valence electrons. The summed E-state index contributed by atoms with van der Waals surface area (Å²) < 4.78 is 22.4. The highest BCUT2D eigenvalue weighted by atomic mass is 35.5. The molecule has 0 radical (unpaired) electrons.